The van der Waals surface area contributed by atoms with E-state index in [2.05, 4.69) is 12.2 Å². The van der Waals surface area contributed by atoms with Crippen LogP contribution in [0.3, 0.4) is 0 Å². The van der Waals surface area contributed by atoms with Gasteiger partial charge >= 0.3 is 5.97 Å². The molecule has 1 amide bonds. The lowest BCUT2D eigenvalue weighted by atomic mass is 10.1. The van der Waals surface area contributed by atoms with E-state index in [1.807, 2.05) is 0 Å². The van der Waals surface area contributed by atoms with Crippen molar-refractivity contribution >= 4 is 11.9 Å². The molecule has 0 saturated carbocycles. The quantitative estimate of drug-likeness (QED) is 0.505. The van der Waals surface area contributed by atoms with Crippen molar-refractivity contribution in [3.05, 3.63) is 11.8 Å². The molecule has 0 aromatic rings. The number of carbonyl (C=O) groups excluding carboxylic acids is 1. The van der Waals surface area contributed by atoms with Crippen molar-refractivity contribution in [2.75, 3.05) is 0 Å². The minimum absolute atomic E-state index is 0.228. The van der Waals surface area contributed by atoms with Gasteiger partial charge in [-0.15, -0.1) is 0 Å². The highest BCUT2D eigenvalue weighted by Gasteiger charge is 2.02. The summed E-state index contributed by atoms with van der Waals surface area (Å²) in [5.41, 5.74) is 0.485. The van der Waals surface area contributed by atoms with E-state index in [4.69, 9.17) is 5.11 Å². The molecule has 0 aliphatic carbocycles. The van der Waals surface area contributed by atoms with Gasteiger partial charge in [0.1, 0.15) is 0 Å². The Morgan fingerprint density at radius 3 is 2.43 bits per heavy atom. The van der Waals surface area contributed by atoms with Crippen molar-refractivity contribution in [1.82, 2.24) is 5.32 Å². The highest BCUT2D eigenvalue weighted by molar-refractivity contribution is 5.82. The molecule has 0 fully saturated rings. The topological polar surface area (TPSA) is 66.4 Å². The van der Waals surface area contributed by atoms with E-state index in [0.29, 0.717) is 12.1 Å². The number of hydrogen-bond donors (Lipinski definition) is 2. The van der Waals surface area contributed by atoms with Gasteiger partial charge in [0.05, 0.1) is 0 Å². The van der Waals surface area contributed by atoms with Crippen LogP contribution >= 0.6 is 0 Å². The maximum absolute atomic E-state index is 10.7. The molecule has 0 atom stereocenters. The molecule has 2 N–H and O–H groups in total. The monoisotopic (exact) mass is 199 g/mol. The number of rotatable bonds is 6. The fraction of sp³-hybridized carbons (Fsp3) is 0.600. The number of amides is 1. The van der Waals surface area contributed by atoms with Crippen LogP contribution in [0.5, 0.6) is 0 Å². The SMILES string of the molecule is CCCCC/C(=C\C(=O)O)NC(C)=O. The minimum atomic E-state index is -1.02. The van der Waals surface area contributed by atoms with Gasteiger partial charge in [-0.1, -0.05) is 19.8 Å². The number of carboxylic acid groups (broad SMARTS) is 1. The third kappa shape index (κ3) is 7.34. The number of carboxylic acids is 1. The van der Waals surface area contributed by atoms with Crippen LogP contribution in [-0.2, 0) is 9.59 Å². The average molecular weight is 199 g/mol. The molecule has 14 heavy (non-hydrogen) atoms. The molecule has 0 heterocycles. The van der Waals surface area contributed by atoms with Crippen LogP contribution < -0.4 is 5.32 Å². The Labute approximate surface area is 84.0 Å². The number of carbonyl (C=O) groups is 2. The predicted octanol–water partition coefficient (Wildman–Crippen LogP) is 1.67. The predicted molar refractivity (Wildman–Crippen MR) is 53.7 cm³/mol. The van der Waals surface area contributed by atoms with E-state index >= 15 is 0 Å². The summed E-state index contributed by atoms with van der Waals surface area (Å²) in [7, 11) is 0. The Balaban J connectivity index is 4.11. The molecular weight excluding hydrogens is 182 g/mol. The highest BCUT2D eigenvalue weighted by atomic mass is 16.4. The van der Waals surface area contributed by atoms with Crippen LogP contribution in [0.15, 0.2) is 11.8 Å². The highest BCUT2D eigenvalue weighted by Crippen LogP contribution is 2.06. The van der Waals surface area contributed by atoms with Gasteiger partial charge in [0, 0.05) is 18.7 Å². The van der Waals surface area contributed by atoms with Crippen molar-refractivity contribution in [3.8, 4) is 0 Å². The standard InChI is InChI=1S/C10H17NO3/c1-3-4-5-6-9(7-10(13)14)11-8(2)12/h7H,3-6H2,1-2H3,(H,11,12)(H,13,14)/b9-7+. The second-order valence-electron chi connectivity index (χ2n) is 3.15. The van der Waals surface area contributed by atoms with Crippen molar-refractivity contribution in [2.24, 2.45) is 0 Å². The zero-order valence-electron chi connectivity index (χ0n) is 8.67. The number of nitrogens with one attached hydrogen (secondary N) is 1. The molecular formula is C10H17NO3. The van der Waals surface area contributed by atoms with Gasteiger partial charge in [0.25, 0.3) is 0 Å². The number of hydrogen-bond acceptors (Lipinski definition) is 2. The summed E-state index contributed by atoms with van der Waals surface area (Å²) in [6, 6.07) is 0. The van der Waals surface area contributed by atoms with Crippen LogP contribution in [0.2, 0.25) is 0 Å². The molecule has 0 unspecified atom stereocenters. The van der Waals surface area contributed by atoms with Crippen LogP contribution in [-0.4, -0.2) is 17.0 Å². The fourth-order valence-electron chi connectivity index (χ4n) is 1.11. The fourth-order valence-corrected chi connectivity index (χ4v) is 1.11. The third-order valence-corrected chi connectivity index (χ3v) is 1.68. The maximum Gasteiger partial charge on any atom is 0.330 e. The Morgan fingerprint density at radius 2 is 2.00 bits per heavy atom. The molecule has 0 aliphatic rings. The number of allylic oxidation sites excluding steroid dienone is 1. The first-order valence-corrected chi connectivity index (χ1v) is 4.77. The summed E-state index contributed by atoms with van der Waals surface area (Å²) in [5.74, 6) is -1.25. The molecule has 80 valence electrons. The van der Waals surface area contributed by atoms with E-state index in [9.17, 15) is 9.59 Å². The normalized spacial score (nSPS) is 11.1. The largest absolute Gasteiger partial charge is 0.478 e. The van der Waals surface area contributed by atoms with Gasteiger partial charge in [0.15, 0.2) is 0 Å². The average Bonchev–Trinajstić information content (AvgIpc) is 2.02. The second-order valence-corrected chi connectivity index (χ2v) is 3.15. The number of unbranched alkanes of at least 4 members (excludes halogenated alkanes) is 2. The van der Waals surface area contributed by atoms with Crippen molar-refractivity contribution in [1.29, 1.82) is 0 Å². The molecule has 0 bridgehead atoms. The molecule has 0 radical (unpaired) electrons. The molecule has 0 rings (SSSR count). The smallest absolute Gasteiger partial charge is 0.330 e. The lowest BCUT2D eigenvalue weighted by Crippen LogP contribution is -2.20. The summed E-state index contributed by atoms with van der Waals surface area (Å²) < 4.78 is 0. The Hall–Kier alpha value is -1.32. The molecule has 4 heteroatoms. The van der Waals surface area contributed by atoms with E-state index in [0.717, 1.165) is 25.3 Å². The molecule has 0 aliphatic heterocycles. The second kappa shape index (κ2) is 7.12. The van der Waals surface area contributed by atoms with Crippen molar-refractivity contribution < 1.29 is 14.7 Å². The molecule has 0 aromatic heterocycles. The van der Waals surface area contributed by atoms with Gasteiger partial charge in [-0.2, -0.15) is 0 Å². The van der Waals surface area contributed by atoms with Gasteiger partial charge in [-0.05, 0) is 12.8 Å². The molecule has 0 aromatic carbocycles. The maximum atomic E-state index is 10.7. The summed E-state index contributed by atoms with van der Waals surface area (Å²) >= 11 is 0. The third-order valence-electron chi connectivity index (χ3n) is 1.68. The van der Waals surface area contributed by atoms with E-state index in [-0.39, 0.29) is 5.91 Å². The first-order valence-electron chi connectivity index (χ1n) is 4.77. The van der Waals surface area contributed by atoms with Crippen LogP contribution in [0.4, 0.5) is 0 Å². The Morgan fingerprint density at radius 1 is 1.36 bits per heavy atom. The van der Waals surface area contributed by atoms with Crippen LogP contribution in [0.1, 0.15) is 39.5 Å². The van der Waals surface area contributed by atoms with Crippen LogP contribution in [0.25, 0.3) is 0 Å². The van der Waals surface area contributed by atoms with E-state index < -0.39 is 5.97 Å². The summed E-state index contributed by atoms with van der Waals surface area (Å²) in [6.45, 7) is 3.44. The molecule has 0 saturated heterocycles. The molecule has 0 spiro atoms. The van der Waals surface area contributed by atoms with Gasteiger partial charge in [-0.25, -0.2) is 4.79 Å². The number of aliphatic carboxylic acids is 1. The van der Waals surface area contributed by atoms with E-state index in [1.165, 1.54) is 6.92 Å². The van der Waals surface area contributed by atoms with Crippen molar-refractivity contribution in [3.63, 3.8) is 0 Å². The van der Waals surface area contributed by atoms with Gasteiger partial charge in [-0.3, -0.25) is 4.79 Å². The van der Waals surface area contributed by atoms with Crippen molar-refractivity contribution in [2.45, 2.75) is 39.5 Å². The first-order chi connectivity index (χ1) is 6.56. The van der Waals surface area contributed by atoms with Gasteiger partial charge < -0.3 is 10.4 Å². The first kappa shape index (κ1) is 12.7. The Kier molecular flexibility index (Phi) is 6.45. The molecule has 4 nitrogen and oxygen atoms in total. The minimum Gasteiger partial charge on any atom is -0.478 e. The lowest BCUT2D eigenvalue weighted by Gasteiger charge is -2.06. The Bertz CT molecular complexity index is 234. The van der Waals surface area contributed by atoms with E-state index in [1.54, 1.807) is 0 Å². The zero-order chi connectivity index (χ0) is 11.0. The zero-order valence-corrected chi connectivity index (χ0v) is 8.67. The summed E-state index contributed by atoms with van der Waals surface area (Å²) in [4.78, 5) is 21.1. The summed E-state index contributed by atoms with van der Waals surface area (Å²) in [6.07, 6.45) is 4.67. The lowest BCUT2D eigenvalue weighted by molar-refractivity contribution is -0.131. The summed E-state index contributed by atoms with van der Waals surface area (Å²) in [5, 5.41) is 11.0. The van der Waals surface area contributed by atoms with Gasteiger partial charge in [0.2, 0.25) is 5.91 Å². The van der Waals surface area contributed by atoms with Crippen LogP contribution in [0, 0.1) is 0 Å².